The molecule has 0 saturated heterocycles. The molecule has 4 nitrogen and oxygen atoms in total. The molecule has 1 unspecified atom stereocenters. The second kappa shape index (κ2) is 6.68. The average molecular weight is 283 g/mol. The highest BCUT2D eigenvalue weighted by Gasteiger charge is 2.13. The van der Waals surface area contributed by atoms with Gasteiger partial charge in [0, 0.05) is 29.2 Å². The first kappa shape index (κ1) is 16.4. The van der Waals surface area contributed by atoms with Gasteiger partial charge in [-0.05, 0) is 47.1 Å². The molecule has 19 heavy (non-hydrogen) atoms. The zero-order chi connectivity index (χ0) is 14.6. The van der Waals surface area contributed by atoms with Crippen LogP contribution in [0.2, 0.25) is 0 Å². The van der Waals surface area contributed by atoms with Crippen LogP contribution in [0.25, 0.3) is 0 Å². The van der Waals surface area contributed by atoms with Crippen molar-refractivity contribution in [1.82, 2.24) is 15.3 Å². The number of hydrogen-bond acceptors (Lipinski definition) is 5. The van der Waals surface area contributed by atoms with Gasteiger partial charge in [-0.1, -0.05) is 11.8 Å². The van der Waals surface area contributed by atoms with Gasteiger partial charge in [-0.2, -0.15) is 0 Å². The normalized spacial score (nSPS) is 13.6. The van der Waals surface area contributed by atoms with Crippen molar-refractivity contribution in [3.63, 3.8) is 0 Å². The van der Waals surface area contributed by atoms with Gasteiger partial charge >= 0.3 is 0 Å². The van der Waals surface area contributed by atoms with Crippen LogP contribution < -0.4 is 5.32 Å². The fourth-order valence-electron chi connectivity index (χ4n) is 1.46. The summed E-state index contributed by atoms with van der Waals surface area (Å²) >= 11 is 1.50. The molecule has 1 atom stereocenters. The third kappa shape index (κ3) is 5.89. The molecule has 0 bridgehead atoms. The smallest absolute Gasteiger partial charge is 0.188 e. The second-order valence-electron chi connectivity index (χ2n) is 5.90. The molecule has 1 heterocycles. The van der Waals surface area contributed by atoms with Crippen LogP contribution >= 0.6 is 11.8 Å². The third-order valence-corrected chi connectivity index (χ3v) is 3.88. The Kier molecular flexibility index (Phi) is 5.77. The zero-order valence-corrected chi connectivity index (χ0v) is 13.6. The van der Waals surface area contributed by atoms with Gasteiger partial charge in [0.15, 0.2) is 5.16 Å². The largest absolute Gasteiger partial charge is 0.391 e. The fraction of sp³-hybridized carbons (Fsp3) is 0.714. The standard InChI is InChI=1S/C14H25N3OS/c1-9-10(2)16-13(17-11(9)3)19-8-12(18)7-15-14(4,5)6/h12,15,18H,7-8H2,1-6H3. The van der Waals surface area contributed by atoms with Crippen molar-refractivity contribution in [2.75, 3.05) is 12.3 Å². The van der Waals surface area contributed by atoms with Crippen molar-refractivity contribution in [3.8, 4) is 0 Å². The van der Waals surface area contributed by atoms with E-state index in [1.54, 1.807) is 0 Å². The molecule has 1 rings (SSSR count). The van der Waals surface area contributed by atoms with E-state index in [9.17, 15) is 5.11 Å². The van der Waals surface area contributed by atoms with E-state index in [2.05, 4.69) is 36.1 Å². The number of nitrogens with zero attached hydrogens (tertiary/aromatic N) is 2. The maximum Gasteiger partial charge on any atom is 0.188 e. The van der Waals surface area contributed by atoms with Crippen molar-refractivity contribution in [2.24, 2.45) is 0 Å². The summed E-state index contributed by atoms with van der Waals surface area (Å²) < 4.78 is 0. The van der Waals surface area contributed by atoms with Crippen molar-refractivity contribution in [2.45, 2.75) is 58.3 Å². The van der Waals surface area contributed by atoms with E-state index in [1.165, 1.54) is 11.8 Å². The van der Waals surface area contributed by atoms with Crippen molar-refractivity contribution < 1.29 is 5.11 Å². The molecule has 1 aromatic rings. The number of aromatic nitrogens is 2. The van der Waals surface area contributed by atoms with Crippen LogP contribution in [0, 0.1) is 20.8 Å². The molecule has 0 aromatic carbocycles. The van der Waals surface area contributed by atoms with Crippen LogP contribution in [0.4, 0.5) is 0 Å². The van der Waals surface area contributed by atoms with Crippen molar-refractivity contribution in [1.29, 1.82) is 0 Å². The fourth-order valence-corrected chi connectivity index (χ4v) is 2.32. The molecule has 0 spiro atoms. The number of hydrogen-bond donors (Lipinski definition) is 2. The number of aliphatic hydroxyl groups excluding tert-OH is 1. The summed E-state index contributed by atoms with van der Waals surface area (Å²) in [5.41, 5.74) is 3.19. The van der Waals surface area contributed by atoms with Gasteiger partial charge in [-0.15, -0.1) is 0 Å². The Morgan fingerprint density at radius 3 is 2.16 bits per heavy atom. The summed E-state index contributed by atoms with van der Waals surface area (Å²) in [6.07, 6.45) is -0.394. The molecule has 5 heteroatoms. The molecule has 0 aliphatic rings. The predicted molar refractivity (Wildman–Crippen MR) is 80.7 cm³/mol. The lowest BCUT2D eigenvalue weighted by Gasteiger charge is -2.22. The average Bonchev–Trinajstić information content (AvgIpc) is 2.29. The van der Waals surface area contributed by atoms with E-state index in [4.69, 9.17) is 0 Å². The number of aryl methyl sites for hydroxylation is 2. The topological polar surface area (TPSA) is 58.0 Å². The van der Waals surface area contributed by atoms with Gasteiger partial charge in [-0.3, -0.25) is 0 Å². The van der Waals surface area contributed by atoms with E-state index >= 15 is 0 Å². The summed E-state index contributed by atoms with van der Waals surface area (Å²) in [5.74, 6) is 0.602. The summed E-state index contributed by atoms with van der Waals surface area (Å²) in [7, 11) is 0. The lowest BCUT2D eigenvalue weighted by molar-refractivity contribution is 0.183. The summed E-state index contributed by atoms with van der Waals surface area (Å²) in [4.78, 5) is 8.87. The van der Waals surface area contributed by atoms with E-state index in [0.29, 0.717) is 12.3 Å². The Morgan fingerprint density at radius 1 is 1.16 bits per heavy atom. The lowest BCUT2D eigenvalue weighted by Crippen LogP contribution is -2.41. The lowest BCUT2D eigenvalue weighted by atomic mass is 10.1. The predicted octanol–water partition coefficient (Wildman–Crippen LogP) is 2.24. The van der Waals surface area contributed by atoms with Gasteiger partial charge in [0.2, 0.25) is 0 Å². The SMILES string of the molecule is Cc1nc(SCC(O)CNC(C)(C)C)nc(C)c1C. The first-order valence-corrected chi connectivity index (χ1v) is 7.55. The van der Waals surface area contributed by atoms with Crippen LogP contribution in [0.15, 0.2) is 5.16 Å². The van der Waals surface area contributed by atoms with Gasteiger partial charge < -0.3 is 10.4 Å². The first-order chi connectivity index (χ1) is 8.69. The second-order valence-corrected chi connectivity index (χ2v) is 6.88. The third-order valence-electron chi connectivity index (χ3n) is 2.88. The van der Waals surface area contributed by atoms with Gasteiger partial charge in [-0.25, -0.2) is 9.97 Å². The minimum absolute atomic E-state index is 0.0270. The van der Waals surface area contributed by atoms with Crippen LogP contribution in [0.5, 0.6) is 0 Å². The molecule has 2 N–H and O–H groups in total. The summed E-state index contributed by atoms with van der Waals surface area (Å²) in [6.45, 7) is 12.9. The van der Waals surface area contributed by atoms with Crippen molar-refractivity contribution >= 4 is 11.8 Å². The highest BCUT2D eigenvalue weighted by atomic mass is 32.2. The minimum atomic E-state index is -0.394. The molecule has 0 radical (unpaired) electrons. The molecule has 1 aromatic heterocycles. The Balaban J connectivity index is 2.48. The zero-order valence-electron chi connectivity index (χ0n) is 12.7. The van der Waals surface area contributed by atoms with E-state index in [1.807, 2.05) is 20.8 Å². The molecule has 0 aliphatic carbocycles. The first-order valence-electron chi connectivity index (χ1n) is 6.57. The molecule has 0 aliphatic heterocycles. The maximum atomic E-state index is 9.93. The number of nitrogens with one attached hydrogen (secondary N) is 1. The van der Waals surface area contributed by atoms with Gasteiger partial charge in [0.05, 0.1) is 6.10 Å². The quantitative estimate of drug-likeness (QED) is 0.641. The van der Waals surface area contributed by atoms with Crippen LogP contribution in [0.1, 0.15) is 37.7 Å². The highest BCUT2D eigenvalue weighted by Crippen LogP contribution is 2.17. The molecular weight excluding hydrogens is 258 g/mol. The number of β-amino-alcohol motifs (C(OH)–C–C–N with tert-alkyl or cyclic N) is 1. The Morgan fingerprint density at radius 2 is 1.68 bits per heavy atom. The van der Waals surface area contributed by atoms with Gasteiger partial charge in [0.25, 0.3) is 0 Å². The van der Waals surface area contributed by atoms with Crippen LogP contribution in [0.3, 0.4) is 0 Å². The Bertz CT molecular complexity index is 406. The number of rotatable bonds is 5. The maximum absolute atomic E-state index is 9.93. The summed E-state index contributed by atoms with van der Waals surface area (Å²) in [5, 5.41) is 14.0. The van der Waals surface area contributed by atoms with E-state index in [-0.39, 0.29) is 5.54 Å². The number of aliphatic hydroxyl groups is 1. The number of thioether (sulfide) groups is 1. The molecule has 0 saturated carbocycles. The summed E-state index contributed by atoms with van der Waals surface area (Å²) in [6, 6.07) is 0. The van der Waals surface area contributed by atoms with Crippen LogP contribution in [-0.4, -0.2) is 39.0 Å². The van der Waals surface area contributed by atoms with E-state index in [0.717, 1.165) is 22.1 Å². The molecule has 0 amide bonds. The molecule has 108 valence electrons. The van der Waals surface area contributed by atoms with Crippen LogP contribution in [-0.2, 0) is 0 Å². The van der Waals surface area contributed by atoms with Crippen molar-refractivity contribution in [3.05, 3.63) is 17.0 Å². The van der Waals surface area contributed by atoms with E-state index < -0.39 is 6.10 Å². The Labute approximate surface area is 120 Å². The Hall–Kier alpha value is -0.650. The molecular formula is C14H25N3OS. The van der Waals surface area contributed by atoms with Gasteiger partial charge in [0.1, 0.15) is 0 Å². The minimum Gasteiger partial charge on any atom is -0.391 e. The molecule has 0 fully saturated rings. The monoisotopic (exact) mass is 283 g/mol. The highest BCUT2D eigenvalue weighted by molar-refractivity contribution is 7.99.